The molecular formula is C43H76O14. The number of aliphatic hydroxyl groups is 4. The minimum atomic E-state index is -1.61. The van der Waals surface area contributed by atoms with E-state index in [1.807, 2.05) is 0 Å². The van der Waals surface area contributed by atoms with Gasteiger partial charge in [-0.25, -0.2) is 4.79 Å². The minimum absolute atomic E-state index is 0.0667. The zero-order valence-corrected chi connectivity index (χ0v) is 35.6. The van der Waals surface area contributed by atoms with Crippen LogP contribution in [-0.2, 0) is 47.5 Å². The predicted molar refractivity (Wildman–Crippen MR) is 213 cm³/mol. The Morgan fingerprint density at radius 1 is 0.614 bits per heavy atom. The Morgan fingerprint density at radius 3 is 1.67 bits per heavy atom. The standard InChI is InChI=1S/C43H76O14/c1-7-10-13-16-17-20-23-26-33(44)56-40-38(49)36(47)30(5)53-43(40)57-41-39(50)37(48)29(4)52-42(41)55-32(25-22-19-15-12-9-3)28-35(46)54-31(27-34(45)51-6)24-21-18-14-11-8-2/h23,26,29-32,36-43,47-50H,7-22,24-25,27-28H2,1-6H3. The van der Waals surface area contributed by atoms with Gasteiger partial charge in [0.2, 0.25) is 0 Å². The summed E-state index contributed by atoms with van der Waals surface area (Å²) in [5.74, 6) is -1.82. The van der Waals surface area contributed by atoms with Gasteiger partial charge in [0, 0.05) is 6.08 Å². The maximum atomic E-state index is 13.5. The van der Waals surface area contributed by atoms with E-state index in [-0.39, 0.29) is 12.8 Å². The Labute approximate surface area is 341 Å². The quantitative estimate of drug-likeness (QED) is 0.0292. The van der Waals surface area contributed by atoms with Crippen molar-refractivity contribution in [1.29, 1.82) is 0 Å². The third kappa shape index (κ3) is 19.2. The molecule has 0 radical (unpaired) electrons. The Hall–Kier alpha value is -2.17. The highest BCUT2D eigenvalue weighted by molar-refractivity contribution is 5.82. The van der Waals surface area contributed by atoms with E-state index in [9.17, 15) is 34.8 Å². The molecule has 0 bridgehead atoms. The third-order valence-corrected chi connectivity index (χ3v) is 10.7. The van der Waals surface area contributed by atoms with Crippen LogP contribution in [0.4, 0.5) is 0 Å². The number of methoxy groups -OCH3 is 1. The van der Waals surface area contributed by atoms with Crippen LogP contribution in [0.5, 0.6) is 0 Å². The van der Waals surface area contributed by atoms with Gasteiger partial charge in [0.1, 0.15) is 36.6 Å². The molecule has 12 unspecified atom stereocenters. The molecule has 4 N–H and O–H groups in total. The second kappa shape index (κ2) is 29.1. The van der Waals surface area contributed by atoms with Gasteiger partial charge in [0.15, 0.2) is 18.7 Å². The summed E-state index contributed by atoms with van der Waals surface area (Å²) in [7, 11) is 1.29. The molecule has 2 rings (SSSR count). The van der Waals surface area contributed by atoms with Crippen molar-refractivity contribution in [1.82, 2.24) is 0 Å². The molecule has 14 heteroatoms. The zero-order chi connectivity index (χ0) is 42.2. The largest absolute Gasteiger partial charge is 0.469 e. The molecule has 0 aromatic heterocycles. The first-order valence-corrected chi connectivity index (χ1v) is 21.8. The second-order valence-electron chi connectivity index (χ2n) is 15.7. The van der Waals surface area contributed by atoms with E-state index in [1.165, 1.54) is 20.1 Å². The molecule has 14 nitrogen and oxygen atoms in total. The smallest absolute Gasteiger partial charge is 0.330 e. The summed E-state index contributed by atoms with van der Waals surface area (Å²) < 4.78 is 40.8. The monoisotopic (exact) mass is 817 g/mol. The van der Waals surface area contributed by atoms with Crippen molar-refractivity contribution < 1.29 is 68.0 Å². The van der Waals surface area contributed by atoms with Gasteiger partial charge < -0.3 is 53.6 Å². The van der Waals surface area contributed by atoms with Crippen molar-refractivity contribution in [2.75, 3.05) is 7.11 Å². The van der Waals surface area contributed by atoms with Crippen LogP contribution < -0.4 is 0 Å². The van der Waals surface area contributed by atoms with Crippen LogP contribution in [0.25, 0.3) is 0 Å². The Balaban J connectivity index is 2.27. The number of hydrogen-bond acceptors (Lipinski definition) is 14. The summed E-state index contributed by atoms with van der Waals surface area (Å²) in [4.78, 5) is 38.6. The summed E-state index contributed by atoms with van der Waals surface area (Å²) in [6, 6.07) is 0. The van der Waals surface area contributed by atoms with Crippen LogP contribution in [0, 0.1) is 0 Å². The third-order valence-electron chi connectivity index (χ3n) is 10.7. The van der Waals surface area contributed by atoms with Crippen molar-refractivity contribution in [2.45, 2.75) is 237 Å². The van der Waals surface area contributed by atoms with E-state index in [0.717, 1.165) is 96.3 Å². The van der Waals surface area contributed by atoms with Crippen molar-refractivity contribution in [3.8, 4) is 0 Å². The number of carbonyl (C=O) groups is 3. The first-order valence-electron chi connectivity index (χ1n) is 21.8. The molecule has 2 aliphatic rings. The van der Waals surface area contributed by atoms with Crippen LogP contribution in [0.3, 0.4) is 0 Å². The first kappa shape index (κ1) is 51.0. The topological polar surface area (TPSA) is 197 Å². The number of ether oxygens (including phenoxy) is 7. The molecule has 332 valence electrons. The SMILES string of the molecule is CCCCCCCC=CC(=O)OC1C(OC2C(OC(CCCCCCC)CC(=O)OC(CCCCCCC)CC(=O)OC)OC(C)C(O)C2O)OC(C)C(O)C1O. The van der Waals surface area contributed by atoms with E-state index < -0.39 is 91.5 Å². The van der Waals surface area contributed by atoms with Gasteiger partial charge in [0.05, 0.1) is 38.3 Å². The number of allylic oxidation sites excluding steroid dienone is 1. The van der Waals surface area contributed by atoms with Gasteiger partial charge in [-0.2, -0.15) is 0 Å². The highest BCUT2D eigenvalue weighted by Gasteiger charge is 2.51. The highest BCUT2D eigenvalue weighted by Crippen LogP contribution is 2.32. The first-order chi connectivity index (χ1) is 27.4. The van der Waals surface area contributed by atoms with Gasteiger partial charge >= 0.3 is 17.9 Å². The van der Waals surface area contributed by atoms with Gasteiger partial charge in [-0.05, 0) is 46.0 Å². The van der Waals surface area contributed by atoms with E-state index in [0.29, 0.717) is 19.3 Å². The number of carbonyl (C=O) groups excluding carboxylic acids is 3. The lowest BCUT2D eigenvalue weighted by Gasteiger charge is -2.46. The van der Waals surface area contributed by atoms with Gasteiger partial charge in [0.25, 0.3) is 0 Å². The molecule has 0 saturated carbocycles. The fourth-order valence-corrected chi connectivity index (χ4v) is 7.12. The summed E-state index contributed by atoms with van der Waals surface area (Å²) in [5, 5.41) is 43.9. The molecular weight excluding hydrogens is 740 g/mol. The minimum Gasteiger partial charge on any atom is -0.469 e. The number of aliphatic hydroxyl groups excluding tert-OH is 4. The maximum Gasteiger partial charge on any atom is 0.330 e. The average Bonchev–Trinajstić information content (AvgIpc) is 3.18. The van der Waals surface area contributed by atoms with Crippen molar-refractivity contribution in [3.05, 3.63) is 12.2 Å². The van der Waals surface area contributed by atoms with Crippen LogP contribution in [0.1, 0.15) is 163 Å². The predicted octanol–water partition coefficient (Wildman–Crippen LogP) is 6.10. The Bertz CT molecular complexity index is 1140. The van der Waals surface area contributed by atoms with Crippen molar-refractivity contribution in [3.63, 3.8) is 0 Å². The Kier molecular flexibility index (Phi) is 26.0. The van der Waals surface area contributed by atoms with E-state index >= 15 is 0 Å². The van der Waals surface area contributed by atoms with Gasteiger partial charge in [-0.3, -0.25) is 9.59 Å². The fourth-order valence-electron chi connectivity index (χ4n) is 7.12. The number of hydrogen-bond donors (Lipinski definition) is 4. The Morgan fingerprint density at radius 2 is 1.11 bits per heavy atom. The average molecular weight is 817 g/mol. The molecule has 2 fully saturated rings. The summed E-state index contributed by atoms with van der Waals surface area (Å²) in [6.45, 7) is 9.46. The number of unbranched alkanes of at least 4 members (excludes halogenated alkanes) is 13. The fraction of sp³-hybridized carbons (Fsp3) is 0.884. The number of rotatable bonds is 29. The maximum absolute atomic E-state index is 13.5. The molecule has 2 saturated heterocycles. The second-order valence-corrected chi connectivity index (χ2v) is 15.7. The zero-order valence-electron chi connectivity index (χ0n) is 35.6. The van der Waals surface area contributed by atoms with Crippen molar-refractivity contribution >= 4 is 17.9 Å². The molecule has 0 spiro atoms. The van der Waals surface area contributed by atoms with Crippen molar-refractivity contribution in [2.24, 2.45) is 0 Å². The van der Waals surface area contributed by atoms with Gasteiger partial charge in [-0.15, -0.1) is 0 Å². The lowest BCUT2D eigenvalue weighted by Crippen LogP contribution is -2.64. The van der Waals surface area contributed by atoms with Gasteiger partial charge in [-0.1, -0.05) is 110 Å². The van der Waals surface area contributed by atoms with Crippen LogP contribution in [0.15, 0.2) is 12.2 Å². The summed E-state index contributed by atoms with van der Waals surface area (Å²) >= 11 is 0. The van der Waals surface area contributed by atoms with E-state index in [2.05, 4.69) is 20.8 Å². The molecule has 0 aromatic carbocycles. The lowest BCUT2D eigenvalue weighted by molar-refractivity contribution is -0.366. The van der Waals surface area contributed by atoms with Crippen LogP contribution >= 0.6 is 0 Å². The normalized spacial score (nSPS) is 28.9. The molecule has 2 aliphatic heterocycles. The molecule has 0 amide bonds. The van der Waals surface area contributed by atoms with Crippen LogP contribution in [-0.4, -0.2) is 119 Å². The lowest BCUT2D eigenvalue weighted by atomic mass is 9.97. The molecule has 0 aliphatic carbocycles. The highest BCUT2D eigenvalue weighted by atomic mass is 16.8. The number of esters is 3. The molecule has 12 atom stereocenters. The van der Waals surface area contributed by atoms with E-state index in [1.54, 1.807) is 13.0 Å². The van der Waals surface area contributed by atoms with Crippen LogP contribution in [0.2, 0.25) is 0 Å². The van der Waals surface area contributed by atoms with E-state index in [4.69, 9.17) is 33.2 Å². The summed E-state index contributed by atoms with van der Waals surface area (Å²) in [5.41, 5.74) is 0. The molecule has 2 heterocycles. The summed E-state index contributed by atoms with van der Waals surface area (Å²) in [6.07, 6.45) is 4.26. The molecule has 0 aromatic rings. The molecule has 57 heavy (non-hydrogen) atoms.